The summed E-state index contributed by atoms with van der Waals surface area (Å²) in [5.74, 6) is -1.53. The minimum Gasteiger partial charge on any atom is -0.476 e. The highest BCUT2D eigenvalue weighted by Crippen LogP contribution is 2.13. The largest absolute Gasteiger partial charge is 0.476 e. The van der Waals surface area contributed by atoms with Gasteiger partial charge in [-0.1, -0.05) is 23.9 Å². The number of methoxy groups -OCH3 is 1. The topological polar surface area (TPSA) is 89.4 Å². The minimum absolute atomic E-state index is 0.0693. The molecule has 0 spiro atoms. The zero-order chi connectivity index (χ0) is 13.5. The van der Waals surface area contributed by atoms with Gasteiger partial charge in [-0.2, -0.15) is 0 Å². The van der Waals surface area contributed by atoms with Crippen molar-refractivity contribution in [2.24, 2.45) is 0 Å². The molecule has 1 aromatic heterocycles. The number of carbonyl (C=O) groups is 2. The van der Waals surface area contributed by atoms with Gasteiger partial charge in [0, 0.05) is 11.8 Å². The molecule has 0 aliphatic heterocycles. The molecule has 18 heavy (non-hydrogen) atoms. The first-order valence-corrected chi connectivity index (χ1v) is 6.18. The molecule has 1 N–H and O–H groups in total. The van der Waals surface area contributed by atoms with E-state index in [1.54, 1.807) is 6.26 Å². The average Bonchev–Trinajstić information content (AvgIpc) is 2.38. The van der Waals surface area contributed by atoms with Crippen LogP contribution >= 0.6 is 11.8 Å². The van der Waals surface area contributed by atoms with E-state index in [4.69, 9.17) is 5.11 Å². The van der Waals surface area contributed by atoms with Crippen LogP contribution < -0.4 is 0 Å². The van der Waals surface area contributed by atoms with Crippen LogP contribution in [-0.2, 0) is 9.53 Å². The van der Waals surface area contributed by atoms with Gasteiger partial charge in [0.15, 0.2) is 10.9 Å². The molecule has 0 fully saturated rings. The molecular weight excluding hydrogens is 256 g/mol. The molecule has 0 saturated heterocycles. The van der Waals surface area contributed by atoms with Crippen LogP contribution in [0.5, 0.6) is 0 Å². The molecule has 1 rings (SSSR count). The number of aromatic carboxylic acids is 1. The Bertz CT molecular complexity index is 488. The van der Waals surface area contributed by atoms with Crippen LogP contribution in [0.15, 0.2) is 17.4 Å². The summed E-state index contributed by atoms with van der Waals surface area (Å²) in [6.45, 7) is 0. The molecule has 0 aliphatic rings. The Kier molecular flexibility index (Phi) is 5.31. The molecule has 96 valence electrons. The van der Waals surface area contributed by atoms with Crippen molar-refractivity contribution in [1.82, 2.24) is 9.97 Å². The summed E-state index contributed by atoms with van der Waals surface area (Å²) in [6, 6.07) is 0. The summed E-state index contributed by atoms with van der Waals surface area (Å²) in [4.78, 5) is 29.8. The van der Waals surface area contributed by atoms with Crippen molar-refractivity contribution in [2.75, 3.05) is 13.4 Å². The van der Waals surface area contributed by atoms with Crippen LogP contribution in [0.2, 0.25) is 0 Å². The number of carboxylic acid groups (broad SMARTS) is 1. The fourth-order valence-electron chi connectivity index (χ4n) is 1.13. The maximum Gasteiger partial charge on any atom is 0.355 e. The standard InChI is InChI=1S/C11H12N2O4S/c1-17-8(14)5-3-4-7-6-12-11(18-2)13-9(7)10(15)16/h3-4,6H,5H2,1-2H3,(H,15,16). The SMILES string of the molecule is COC(=O)CC=Cc1cnc(SC)nc1C(=O)O. The molecule has 0 aliphatic carbocycles. The summed E-state index contributed by atoms with van der Waals surface area (Å²) in [7, 11) is 1.29. The van der Waals surface area contributed by atoms with Gasteiger partial charge in [0.25, 0.3) is 0 Å². The Labute approximate surface area is 108 Å². The molecule has 0 bridgehead atoms. The van der Waals surface area contributed by atoms with Crippen LogP contribution in [0.25, 0.3) is 6.08 Å². The first-order chi connectivity index (χ1) is 8.58. The quantitative estimate of drug-likeness (QED) is 0.491. The third kappa shape index (κ3) is 3.85. The number of ether oxygens (including phenoxy) is 1. The highest BCUT2D eigenvalue weighted by molar-refractivity contribution is 7.98. The molecule has 1 heterocycles. The number of esters is 1. The average molecular weight is 268 g/mol. The highest BCUT2D eigenvalue weighted by atomic mass is 32.2. The van der Waals surface area contributed by atoms with Crippen molar-refractivity contribution in [2.45, 2.75) is 11.6 Å². The van der Waals surface area contributed by atoms with Crippen molar-refractivity contribution >= 4 is 29.8 Å². The molecule has 7 heteroatoms. The van der Waals surface area contributed by atoms with Gasteiger partial charge < -0.3 is 9.84 Å². The molecule has 0 amide bonds. The lowest BCUT2D eigenvalue weighted by Crippen LogP contribution is -2.05. The molecule has 0 atom stereocenters. The number of thioether (sulfide) groups is 1. The fourth-order valence-corrected chi connectivity index (χ4v) is 1.47. The third-order valence-corrected chi connectivity index (χ3v) is 2.55. The Hall–Kier alpha value is -1.89. The summed E-state index contributed by atoms with van der Waals surface area (Å²) in [5.41, 5.74) is 0.264. The Morgan fingerprint density at radius 2 is 2.28 bits per heavy atom. The second-order valence-corrected chi connectivity index (χ2v) is 3.92. The molecule has 6 nitrogen and oxygen atoms in total. The second kappa shape index (κ2) is 6.75. The number of carboxylic acids is 1. The lowest BCUT2D eigenvalue weighted by molar-refractivity contribution is -0.139. The monoisotopic (exact) mass is 268 g/mol. The number of aromatic nitrogens is 2. The number of hydrogen-bond acceptors (Lipinski definition) is 6. The smallest absolute Gasteiger partial charge is 0.355 e. The van der Waals surface area contributed by atoms with Crippen LogP contribution in [0, 0.1) is 0 Å². The predicted molar refractivity (Wildman–Crippen MR) is 66.4 cm³/mol. The first kappa shape index (κ1) is 14.2. The minimum atomic E-state index is -1.13. The van der Waals surface area contributed by atoms with E-state index in [0.29, 0.717) is 10.7 Å². The Morgan fingerprint density at radius 1 is 1.56 bits per heavy atom. The summed E-state index contributed by atoms with van der Waals surface area (Å²) in [6.07, 6.45) is 6.24. The van der Waals surface area contributed by atoms with E-state index < -0.39 is 11.9 Å². The van der Waals surface area contributed by atoms with Crippen LogP contribution in [0.4, 0.5) is 0 Å². The van der Waals surface area contributed by atoms with Gasteiger partial charge in [-0.15, -0.1) is 0 Å². The van der Waals surface area contributed by atoms with Crippen LogP contribution in [0.3, 0.4) is 0 Å². The van der Waals surface area contributed by atoms with Gasteiger partial charge >= 0.3 is 11.9 Å². The van der Waals surface area contributed by atoms with E-state index in [9.17, 15) is 9.59 Å². The zero-order valence-corrected chi connectivity index (χ0v) is 10.7. The van der Waals surface area contributed by atoms with Crippen LogP contribution in [-0.4, -0.2) is 40.4 Å². The molecular formula is C11H12N2O4S. The fraction of sp³-hybridized carbons (Fsp3) is 0.273. The van der Waals surface area contributed by atoms with E-state index in [-0.39, 0.29) is 12.1 Å². The van der Waals surface area contributed by atoms with E-state index in [1.807, 2.05) is 0 Å². The second-order valence-electron chi connectivity index (χ2n) is 3.15. The lowest BCUT2D eigenvalue weighted by Gasteiger charge is -2.01. The van der Waals surface area contributed by atoms with Gasteiger partial charge in [-0.25, -0.2) is 14.8 Å². The maximum absolute atomic E-state index is 11.0. The van der Waals surface area contributed by atoms with Crippen molar-refractivity contribution in [1.29, 1.82) is 0 Å². The number of hydrogen-bond donors (Lipinski definition) is 1. The normalized spacial score (nSPS) is 10.6. The zero-order valence-electron chi connectivity index (χ0n) is 9.91. The van der Waals surface area contributed by atoms with Gasteiger partial charge in [0.05, 0.1) is 13.5 Å². The Balaban J connectivity index is 2.94. The number of nitrogens with zero attached hydrogens (tertiary/aromatic N) is 2. The number of rotatable bonds is 5. The molecule has 0 unspecified atom stereocenters. The summed E-state index contributed by atoms with van der Waals surface area (Å²) < 4.78 is 4.46. The van der Waals surface area contributed by atoms with E-state index in [1.165, 1.54) is 37.2 Å². The highest BCUT2D eigenvalue weighted by Gasteiger charge is 2.11. The van der Waals surface area contributed by atoms with Gasteiger partial charge in [0.1, 0.15) is 0 Å². The van der Waals surface area contributed by atoms with Crippen LogP contribution in [0.1, 0.15) is 22.5 Å². The Morgan fingerprint density at radius 3 is 2.83 bits per heavy atom. The van der Waals surface area contributed by atoms with Gasteiger partial charge in [-0.05, 0) is 6.26 Å². The summed E-state index contributed by atoms with van der Waals surface area (Å²) in [5, 5.41) is 9.40. The first-order valence-electron chi connectivity index (χ1n) is 4.96. The van der Waals surface area contributed by atoms with Crippen molar-refractivity contribution in [3.05, 3.63) is 23.5 Å². The van der Waals surface area contributed by atoms with E-state index in [2.05, 4.69) is 14.7 Å². The van der Waals surface area contributed by atoms with E-state index >= 15 is 0 Å². The van der Waals surface area contributed by atoms with Gasteiger partial charge in [0.2, 0.25) is 0 Å². The van der Waals surface area contributed by atoms with E-state index in [0.717, 1.165) is 0 Å². The predicted octanol–water partition coefficient (Wildman–Crippen LogP) is 1.47. The van der Waals surface area contributed by atoms with Crippen molar-refractivity contribution in [3.8, 4) is 0 Å². The van der Waals surface area contributed by atoms with Crippen molar-refractivity contribution < 1.29 is 19.4 Å². The maximum atomic E-state index is 11.0. The molecule has 1 aromatic rings. The third-order valence-electron chi connectivity index (χ3n) is 1.99. The molecule has 0 radical (unpaired) electrons. The molecule has 0 saturated carbocycles. The van der Waals surface area contributed by atoms with Crippen molar-refractivity contribution in [3.63, 3.8) is 0 Å². The summed E-state index contributed by atoms with van der Waals surface area (Å²) >= 11 is 1.26. The lowest BCUT2D eigenvalue weighted by atomic mass is 10.2. The molecule has 0 aromatic carbocycles. The number of carbonyl (C=O) groups excluding carboxylic acids is 1. The van der Waals surface area contributed by atoms with Gasteiger partial charge in [-0.3, -0.25) is 4.79 Å².